The number of para-hydroxylation sites is 1. The van der Waals surface area contributed by atoms with E-state index in [4.69, 9.17) is 0 Å². The number of thiophene rings is 1. The highest BCUT2D eigenvalue weighted by molar-refractivity contribution is 9.11. The fourth-order valence-corrected chi connectivity index (χ4v) is 4.03. The molecule has 1 aromatic heterocycles. The van der Waals surface area contributed by atoms with Gasteiger partial charge in [0, 0.05) is 36.7 Å². The monoisotopic (exact) mass is 364 g/mol. The first-order chi connectivity index (χ1) is 10.2. The zero-order chi connectivity index (χ0) is 14.7. The van der Waals surface area contributed by atoms with E-state index in [-0.39, 0.29) is 5.91 Å². The van der Waals surface area contributed by atoms with E-state index in [0.717, 1.165) is 34.8 Å². The molecule has 0 bridgehead atoms. The van der Waals surface area contributed by atoms with Crippen LogP contribution in [0.5, 0.6) is 0 Å². The molecule has 5 heteroatoms. The average molecular weight is 365 g/mol. The molecule has 1 fully saturated rings. The zero-order valence-electron chi connectivity index (χ0n) is 11.7. The fraction of sp³-hybridized carbons (Fsp3) is 0.312. The number of carbonyl (C=O) groups is 1. The molecule has 0 spiro atoms. The highest BCUT2D eigenvalue weighted by Crippen LogP contribution is 2.23. The van der Waals surface area contributed by atoms with Gasteiger partial charge in [-0.3, -0.25) is 4.79 Å². The van der Waals surface area contributed by atoms with Gasteiger partial charge >= 0.3 is 0 Å². The predicted octanol–water partition coefficient (Wildman–Crippen LogP) is 3.40. The van der Waals surface area contributed by atoms with Crippen LogP contribution in [0, 0.1) is 0 Å². The zero-order valence-corrected chi connectivity index (χ0v) is 14.1. The summed E-state index contributed by atoms with van der Waals surface area (Å²) < 4.78 is 1.08. The van der Waals surface area contributed by atoms with Crippen molar-refractivity contribution in [1.82, 2.24) is 4.90 Å². The molecule has 0 radical (unpaired) electrons. The number of rotatable bonds is 3. The lowest BCUT2D eigenvalue weighted by Gasteiger charge is -2.36. The summed E-state index contributed by atoms with van der Waals surface area (Å²) in [6.07, 6.45) is 0.515. The van der Waals surface area contributed by atoms with E-state index in [0.29, 0.717) is 6.42 Å². The first kappa shape index (κ1) is 14.6. The Bertz CT molecular complexity index is 606. The predicted molar refractivity (Wildman–Crippen MR) is 91.0 cm³/mol. The lowest BCUT2D eigenvalue weighted by Crippen LogP contribution is -2.49. The standard InChI is InChI=1S/C16H17BrN2OS/c17-15-7-6-14(21-15)12-16(20)19-10-8-18(9-11-19)13-4-2-1-3-5-13/h1-7H,8-12H2. The molecule has 0 aliphatic carbocycles. The smallest absolute Gasteiger partial charge is 0.227 e. The van der Waals surface area contributed by atoms with Crippen molar-refractivity contribution in [2.24, 2.45) is 0 Å². The molecule has 2 heterocycles. The second kappa shape index (κ2) is 6.62. The molecular weight excluding hydrogens is 348 g/mol. The SMILES string of the molecule is O=C(Cc1ccc(Br)s1)N1CCN(c2ccccc2)CC1. The maximum Gasteiger partial charge on any atom is 0.227 e. The van der Waals surface area contributed by atoms with Crippen LogP contribution in [0.1, 0.15) is 4.88 Å². The normalized spacial score (nSPS) is 15.3. The third-order valence-electron chi connectivity index (χ3n) is 3.71. The molecule has 0 saturated carbocycles. The van der Waals surface area contributed by atoms with Crippen LogP contribution in [0.3, 0.4) is 0 Å². The molecular formula is C16H17BrN2OS. The van der Waals surface area contributed by atoms with Gasteiger partial charge in [-0.2, -0.15) is 0 Å². The highest BCUT2D eigenvalue weighted by atomic mass is 79.9. The minimum atomic E-state index is 0.233. The number of halogens is 1. The van der Waals surface area contributed by atoms with E-state index in [1.54, 1.807) is 11.3 Å². The highest BCUT2D eigenvalue weighted by Gasteiger charge is 2.21. The van der Waals surface area contributed by atoms with Crippen LogP contribution in [0.25, 0.3) is 0 Å². The number of hydrogen-bond acceptors (Lipinski definition) is 3. The third-order valence-corrected chi connectivity index (χ3v) is 5.33. The van der Waals surface area contributed by atoms with Gasteiger partial charge in [0.05, 0.1) is 10.2 Å². The number of amides is 1. The molecule has 3 nitrogen and oxygen atoms in total. The largest absolute Gasteiger partial charge is 0.368 e. The molecule has 21 heavy (non-hydrogen) atoms. The molecule has 1 aliphatic rings. The molecule has 1 aliphatic heterocycles. The molecule has 1 saturated heterocycles. The minimum absolute atomic E-state index is 0.233. The van der Waals surface area contributed by atoms with Gasteiger partial charge in [-0.1, -0.05) is 18.2 Å². The molecule has 1 aromatic carbocycles. The summed E-state index contributed by atoms with van der Waals surface area (Å²) in [6, 6.07) is 14.4. The Kier molecular flexibility index (Phi) is 4.60. The third kappa shape index (κ3) is 3.66. The Morgan fingerprint density at radius 2 is 1.76 bits per heavy atom. The summed E-state index contributed by atoms with van der Waals surface area (Å²) >= 11 is 5.07. The van der Waals surface area contributed by atoms with Crippen molar-refractivity contribution < 1.29 is 4.79 Å². The Hall–Kier alpha value is -1.33. The van der Waals surface area contributed by atoms with Gasteiger partial charge in [0.25, 0.3) is 0 Å². The average Bonchev–Trinajstić information content (AvgIpc) is 2.93. The van der Waals surface area contributed by atoms with Gasteiger partial charge in [-0.05, 0) is 40.2 Å². The van der Waals surface area contributed by atoms with E-state index in [1.165, 1.54) is 5.69 Å². The van der Waals surface area contributed by atoms with Crippen LogP contribution in [0.2, 0.25) is 0 Å². The van der Waals surface area contributed by atoms with E-state index >= 15 is 0 Å². The fourth-order valence-electron chi connectivity index (χ4n) is 2.56. The van der Waals surface area contributed by atoms with Crippen LogP contribution in [0.4, 0.5) is 5.69 Å². The lowest BCUT2D eigenvalue weighted by molar-refractivity contribution is -0.130. The second-order valence-corrected chi connectivity index (χ2v) is 7.63. The van der Waals surface area contributed by atoms with Crippen molar-refractivity contribution in [2.75, 3.05) is 31.1 Å². The summed E-state index contributed by atoms with van der Waals surface area (Å²) in [5.74, 6) is 0.233. The topological polar surface area (TPSA) is 23.6 Å². The van der Waals surface area contributed by atoms with E-state index in [9.17, 15) is 4.79 Å². The second-order valence-electron chi connectivity index (χ2n) is 5.09. The van der Waals surface area contributed by atoms with E-state index < -0.39 is 0 Å². The van der Waals surface area contributed by atoms with Gasteiger partial charge in [0.1, 0.15) is 0 Å². The molecule has 0 atom stereocenters. The van der Waals surface area contributed by atoms with Gasteiger partial charge in [0.15, 0.2) is 0 Å². The van der Waals surface area contributed by atoms with Crippen LogP contribution < -0.4 is 4.90 Å². The number of carbonyl (C=O) groups excluding carboxylic acids is 1. The van der Waals surface area contributed by atoms with E-state index in [2.05, 4.69) is 45.1 Å². The lowest BCUT2D eigenvalue weighted by atomic mass is 10.2. The van der Waals surface area contributed by atoms with Crippen LogP contribution in [-0.4, -0.2) is 37.0 Å². The van der Waals surface area contributed by atoms with Crippen molar-refractivity contribution in [2.45, 2.75) is 6.42 Å². The molecule has 3 rings (SSSR count). The number of nitrogens with zero attached hydrogens (tertiary/aromatic N) is 2. The van der Waals surface area contributed by atoms with Crippen molar-refractivity contribution >= 4 is 38.9 Å². The summed E-state index contributed by atoms with van der Waals surface area (Å²) in [5, 5.41) is 0. The molecule has 0 unspecified atom stereocenters. The molecule has 1 amide bonds. The van der Waals surface area contributed by atoms with Crippen LogP contribution in [0.15, 0.2) is 46.3 Å². The Labute approximate surface area is 137 Å². The van der Waals surface area contributed by atoms with Gasteiger partial charge in [-0.15, -0.1) is 11.3 Å². The Balaban J connectivity index is 1.54. The maximum absolute atomic E-state index is 12.3. The Morgan fingerprint density at radius 1 is 1.05 bits per heavy atom. The van der Waals surface area contributed by atoms with Crippen LogP contribution >= 0.6 is 27.3 Å². The number of anilines is 1. The molecule has 110 valence electrons. The van der Waals surface area contributed by atoms with Crippen molar-refractivity contribution in [3.05, 3.63) is 51.1 Å². The van der Waals surface area contributed by atoms with Crippen molar-refractivity contribution in [3.8, 4) is 0 Å². The van der Waals surface area contributed by atoms with Gasteiger partial charge in [0.2, 0.25) is 5.91 Å². The van der Waals surface area contributed by atoms with Gasteiger partial charge in [-0.25, -0.2) is 0 Å². The summed E-state index contributed by atoms with van der Waals surface area (Å²) in [7, 11) is 0. The van der Waals surface area contributed by atoms with Gasteiger partial charge < -0.3 is 9.80 Å². The summed E-state index contributed by atoms with van der Waals surface area (Å²) in [6.45, 7) is 3.42. The van der Waals surface area contributed by atoms with Crippen LogP contribution in [-0.2, 0) is 11.2 Å². The summed E-state index contributed by atoms with van der Waals surface area (Å²) in [5.41, 5.74) is 1.24. The Morgan fingerprint density at radius 3 is 2.38 bits per heavy atom. The maximum atomic E-state index is 12.3. The van der Waals surface area contributed by atoms with E-state index in [1.807, 2.05) is 23.1 Å². The number of hydrogen-bond donors (Lipinski definition) is 0. The minimum Gasteiger partial charge on any atom is -0.368 e. The first-order valence-corrected chi connectivity index (χ1v) is 8.65. The summed E-state index contributed by atoms with van der Waals surface area (Å²) in [4.78, 5) is 17.8. The molecule has 0 N–H and O–H groups in total. The quantitative estimate of drug-likeness (QED) is 0.833. The first-order valence-electron chi connectivity index (χ1n) is 7.04. The number of benzene rings is 1. The molecule has 2 aromatic rings. The van der Waals surface area contributed by atoms with Crippen molar-refractivity contribution in [3.63, 3.8) is 0 Å². The van der Waals surface area contributed by atoms with Crippen molar-refractivity contribution in [1.29, 1.82) is 0 Å². The number of piperazine rings is 1.